The molecule has 0 unspecified atom stereocenters. The number of piperazine rings is 1. The fourth-order valence-corrected chi connectivity index (χ4v) is 3.66. The van der Waals surface area contributed by atoms with Crippen LogP contribution in [0.25, 0.3) is 0 Å². The summed E-state index contributed by atoms with van der Waals surface area (Å²) in [6.07, 6.45) is -3.82. The van der Waals surface area contributed by atoms with Gasteiger partial charge in [-0.1, -0.05) is 11.6 Å². The van der Waals surface area contributed by atoms with E-state index in [1.54, 1.807) is 4.90 Å². The van der Waals surface area contributed by atoms with Crippen molar-refractivity contribution in [1.82, 2.24) is 9.88 Å². The average molecular weight is 488 g/mol. The molecule has 0 saturated carbocycles. The van der Waals surface area contributed by atoms with Gasteiger partial charge in [-0.2, -0.15) is 13.2 Å². The molecule has 1 saturated heterocycles. The molecule has 1 aliphatic rings. The summed E-state index contributed by atoms with van der Waals surface area (Å²) in [6.45, 7) is 1.82. The summed E-state index contributed by atoms with van der Waals surface area (Å²) in [5.74, 6) is -0.174. The van der Waals surface area contributed by atoms with Gasteiger partial charge >= 0.3 is 6.18 Å². The third kappa shape index (κ3) is 5.82. The number of amides is 1. The zero-order valence-corrected chi connectivity index (χ0v) is 18.3. The van der Waals surface area contributed by atoms with Gasteiger partial charge in [0, 0.05) is 57.7 Å². The summed E-state index contributed by atoms with van der Waals surface area (Å²) in [5.41, 5.74) is -0.720. The summed E-state index contributed by atoms with van der Waals surface area (Å²) in [4.78, 5) is 30.8. The molecule has 2 heterocycles. The number of benzene rings is 1. The number of anilines is 2. The highest BCUT2D eigenvalue weighted by atomic mass is 35.5. The number of nitro benzene ring substituents is 1. The number of pyridine rings is 1. The van der Waals surface area contributed by atoms with E-state index < -0.39 is 16.7 Å². The number of hydrogen-bond acceptors (Lipinski definition) is 7. The smallest absolute Gasteiger partial charge is 0.383 e. The Balaban J connectivity index is 1.68. The van der Waals surface area contributed by atoms with Gasteiger partial charge in [-0.3, -0.25) is 14.9 Å². The molecule has 13 heteroatoms. The number of carbonyl (C=O) groups is 1. The van der Waals surface area contributed by atoms with Crippen LogP contribution >= 0.6 is 11.6 Å². The van der Waals surface area contributed by atoms with Crippen LogP contribution in [-0.4, -0.2) is 67.2 Å². The van der Waals surface area contributed by atoms with Crippen LogP contribution in [0, 0.1) is 10.1 Å². The van der Waals surface area contributed by atoms with Gasteiger partial charge in [-0.05, 0) is 18.2 Å². The second-order valence-electron chi connectivity index (χ2n) is 7.22. The van der Waals surface area contributed by atoms with Crippen molar-refractivity contribution in [1.29, 1.82) is 0 Å². The third-order valence-electron chi connectivity index (χ3n) is 5.08. The maximum Gasteiger partial charge on any atom is 0.417 e. The van der Waals surface area contributed by atoms with Crippen LogP contribution in [0.15, 0.2) is 30.5 Å². The number of nitrogens with one attached hydrogen (secondary N) is 1. The monoisotopic (exact) mass is 487 g/mol. The molecule has 178 valence electrons. The molecule has 1 fully saturated rings. The maximum absolute atomic E-state index is 12.9. The van der Waals surface area contributed by atoms with Crippen LogP contribution < -0.4 is 10.2 Å². The molecule has 0 bridgehead atoms. The Morgan fingerprint density at radius 2 is 1.97 bits per heavy atom. The van der Waals surface area contributed by atoms with E-state index >= 15 is 0 Å². The van der Waals surface area contributed by atoms with Crippen molar-refractivity contribution in [2.75, 3.05) is 56.7 Å². The standard InChI is InChI=1S/C20H21ClF3N5O4/c1-33-9-4-25-16-3-2-13(10-17(16)29(31)32)19(30)28-7-5-27(6-8-28)18-15(21)11-14(12-26-18)20(22,23)24/h2-3,10-12,25H,4-9H2,1H3. The SMILES string of the molecule is COCCNc1ccc(C(=O)N2CCN(c3ncc(C(F)(F)F)cc3Cl)CC2)cc1[N+](=O)[O-]. The molecule has 0 radical (unpaired) electrons. The number of rotatable bonds is 7. The number of ether oxygens (including phenoxy) is 1. The van der Waals surface area contributed by atoms with Gasteiger partial charge in [-0.25, -0.2) is 4.98 Å². The molecule has 1 amide bonds. The van der Waals surface area contributed by atoms with Gasteiger partial charge < -0.3 is 19.9 Å². The number of carbonyl (C=O) groups excluding carboxylic acids is 1. The van der Waals surface area contributed by atoms with E-state index in [1.807, 2.05) is 0 Å². The van der Waals surface area contributed by atoms with Crippen molar-refractivity contribution in [2.24, 2.45) is 0 Å². The van der Waals surface area contributed by atoms with Crippen LogP contribution in [0.3, 0.4) is 0 Å². The summed E-state index contributed by atoms with van der Waals surface area (Å²) in [7, 11) is 1.51. The zero-order valence-electron chi connectivity index (χ0n) is 17.6. The normalized spacial score (nSPS) is 14.3. The Morgan fingerprint density at radius 3 is 2.55 bits per heavy atom. The summed E-state index contributed by atoms with van der Waals surface area (Å²) in [6, 6.07) is 5.02. The van der Waals surface area contributed by atoms with Crippen LogP contribution in [0.1, 0.15) is 15.9 Å². The van der Waals surface area contributed by atoms with Crippen LogP contribution in [0.4, 0.5) is 30.4 Å². The minimum atomic E-state index is -4.54. The quantitative estimate of drug-likeness (QED) is 0.361. The number of methoxy groups -OCH3 is 1. The molecule has 33 heavy (non-hydrogen) atoms. The van der Waals surface area contributed by atoms with E-state index in [-0.39, 0.29) is 46.8 Å². The number of aromatic nitrogens is 1. The molecular weight excluding hydrogens is 467 g/mol. The Labute approximate surface area is 192 Å². The second-order valence-corrected chi connectivity index (χ2v) is 7.62. The van der Waals surface area contributed by atoms with E-state index in [1.165, 1.54) is 30.2 Å². The molecule has 1 N–H and O–H groups in total. The van der Waals surface area contributed by atoms with Gasteiger partial charge in [0.1, 0.15) is 11.5 Å². The van der Waals surface area contributed by atoms with Crippen molar-refractivity contribution >= 4 is 34.7 Å². The molecule has 0 aliphatic carbocycles. The Bertz CT molecular complexity index is 1030. The van der Waals surface area contributed by atoms with Crippen molar-refractivity contribution in [2.45, 2.75) is 6.18 Å². The van der Waals surface area contributed by atoms with Gasteiger partial charge in [0.25, 0.3) is 11.6 Å². The molecule has 9 nitrogen and oxygen atoms in total. The van der Waals surface area contributed by atoms with E-state index in [9.17, 15) is 28.1 Å². The lowest BCUT2D eigenvalue weighted by Gasteiger charge is -2.35. The summed E-state index contributed by atoms with van der Waals surface area (Å²) in [5, 5.41) is 14.2. The topological polar surface area (TPSA) is 101 Å². The van der Waals surface area contributed by atoms with Gasteiger partial charge in [-0.15, -0.1) is 0 Å². The number of nitrogens with zero attached hydrogens (tertiary/aromatic N) is 4. The minimum absolute atomic E-state index is 0.128. The first-order chi connectivity index (χ1) is 15.6. The van der Waals surface area contributed by atoms with E-state index in [0.29, 0.717) is 26.2 Å². The van der Waals surface area contributed by atoms with E-state index in [4.69, 9.17) is 16.3 Å². The van der Waals surface area contributed by atoms with Crippen LogP contribution in [-0.2, 0) is 10.9 Å². The molecule has 0 atom stereocenters. The predicted octanol–water partition coefficient (Wildman–Crippen LogP) is 3.68. The molecular formula is C20H21ClF3N5O4. The van der Waals surface area contributed by atoms with E-state index in [2.05, 4.69) is 10.3 Å². The second kappa shape index (κ2) is 10.2. The highest BCUT2D eigenvalue weighted by Crippen LogP contribution is 2.34. The number of nitro groups is 1. The zero-order chi connectivity index (χ0) is 24.2. The fourth-order valence-electron chi connectivity index (χ4n) is 3.38. The first kappa shape index (κ1) is 24.5. The molecule has 0 spiro atoms. The molecule has 1 aliphatic heterocycles. The first-order valence-electron chi connectivity index (χ1n) is 9.90. The number of hydrogen-bond donors (Lipinski definition) is 1. The highest BCUT2D eigenvalue weighted by molar-refractivity contribution is 6.33. The largest absolute Gasteiger partial charge is 0.417 e. The van der Waals surface area contributed by atoms with Crippen molar-refractivity contribution in [3.05, 3.63) is 56.7 Å². The molecule has 3 rings (SSSR count). The Morgan fingerprint density at radius 1 is 1.27 bits per heavy atom. The van der Waals surface area contributed by atoms with Crippen molar-refractivity contribution < 1.29 is 27.6 Å². The first-order valence-corrected chi connectivity index (χ1v) is 10.3. The summed E-state index contributed by atoms with van der Waals surface area (Å²) >= 11 is 6.01. The fraction of sp³-hybridized carbons (Fsp3) is 0.400. The summed E-state index contributed by atoms with van der Waals surface area (Å²) < 4.78 is 43.4. The van der Waals surface area contributed by atoms with Crippen LogP contribution in [0.2, 0.25) is 5.02 Å². The lowest BCUT2D eigenvalue weighted by atomic mass is 10.1. The third-order valence-corrected chi connectivity index (χ3v) is 5.36. The van der Waals surface area contributed by atoms with Crippen LogP contribution in [0.5, 0.6) is 0 Å². The minimum Gasteiger partial charge on any atom is -0.383 e. The predicted molar refractivity (Wildman–Crippen MR) is 116 cm³/mol. The van der Waals surface area contributed by atoms with Crippen molar-refractivity contribution in [3.8, 4) is 0 Å². The highest BCUT2D eigenvalue weighted by Gasteiger charge is 2.32. The average Bonchev–Trinajstić information content (AvgIpc) is 2.78. The molecule has 1 aromatic heterocycles. The van der Waals surface area contributed by atoms with Gasteiger partial charge in [0.15, 0.2) is 0 Å². The number of halogens is 4. The Hall–Kier alpha value is -3.12. The lowest BCUT2D eigenvalue weighted by Crippen LogP contribution is -2.49. The maximum atomic E-state index is 12.9. The molecule has 1 aromatic carbocycles. The molecule has 2 aromatic rings. The van der Waals surface area contributed by atoms with Gasteiger partial charge in [0.2, 0.25) is 0 Å². The Kier molecular flexibility index (Phi) is 7.59. The lowest BCUT2D eigenvalue weighted by molar-refractivity contribution is -0.384. The van der Waals surface area contributed by atoms with Gasteiger partial charge in [0.05, 0.1) is 22.1 Å². The van der Waals surface area contributed by atoms with E-state index in [0.717, 1.165) is 12.3 Å². The van der Waals surface area contributed by atoms with Crippen molar-refractivity contribution in [3.63, 3.8) is 0 Å². The number of alkyl halides is 3.